The number of anilines is 1. The topological polar surface area (TPSA) is 68.3 Å². The number of allylic oxidation sites excluding steroid dienone is 1. The Bertz CT molecular complexity index is 1500. The van der Waals surface area contributed by atoms with Crippen LogP contribution in [0.3, 0.4) is 0 Å². The second kappa shape index (κ2) is 10.1. The Morgan fingerprint density at radius 3 is 2.56 bits per heavy atom. The number of nitrogens with zero attached hydrogens (tertiary/aromatic N) is 1. The summed E-state index contributed by atoms with van der Waals surface area (Å²) in [6.45, 7) is -0.617. The quantitative estimate of drug-likeness (QED) is 0.343. The second-order valence-electron chi connectivity index (χ2n) is 8.51. The number of hydrogen-bond donors (Lipinski definition) is 1. The number of para-hydroxylation sites is 1. The lowest BCUT2D eigenvalue weighted by atomic mass is 9.86. The molecule has 1 heterocycles. The molecule has 0 atom stereocenters. The van der Waals surface area contributed by atoms with Gasteiger partial charge in [-0.05, 0) is 60.2 Å². The predicted octanol–water partition coefficient (Wildman–Crippen LogP) is 6.19. The van der Waals surface area contributed by atoms with Gasteiger partial charge in [-0.1, -0.05) is 48.5 Å². The maximum Gasteiger partial charge on any atom is 0.339 e. The van der Waals surface area contributed by atoms with Gasteiger partial charge in [0.2, 0.25) is 0 Å². The summed E-state index contributed by atoms with van der Waals surface area (Å²) < 4.78 is 32.3. The number of aromatic nitrogens is 1. The normalized spacial score (nSPS) is 13.9. The molecule has 7 heteroatoms. The van der Waals surface area contributed by atoms with E-state index < -0.39 is 30.1 Å². The average molecular weight is 485 g/mol. The lowest BCUT2D eigenvalue weighted by molar-refractivity contribution is -0.119. The summed E-state index contributed by atoms with van der Waals surface area (Å²) in [5.74, 6) is -3.06. The van der Waals surface area contributed by atoms with E-state index in [-0.39, 0.29) is 5.69 Å². The van der Waals surface area contributed by atoms with Gasteiger partial charge in [-0.15, -0.1) is 0 Å². The standard InChI is InChI=1S/C29H22F2N2O3/c30-20-13-14-25(23(31)16-20)32-26(34)17-36-29(35)27-21-10-4-5-12-24(21)33-28-19(9-6-11-22(27)28)15-18-7-2-1-3-8-18/h1-5,7-8,10,12-16H,6,9,11,17H2,(H,32,34)/b19-15+. The first-order chi connectivity index (χ1) is 17.5. The molecule has 0 unspecified atom stereocenters. The van der Waals surface area contributed by atoms with Crippen LogP contribution >= 0.6 is 0 Å². The van der Waals surface area contributed by atoms with Crippen molar-refractivity contribution in [3.05, 3.63) is 107 Å². The number of fused-ring (bicyclic) bond motifs is 2. The van der Waals surface area contributed by atoms with Gasteiger partial charge in [0.05, 0.1) is 22.5 Å². The Morgan fingerprint density at radius 1 is 0.972 bits per heavy atom. The van der Waals surface area contributed by atoms with Crippen LogP contribution in [0.5, 0.6) is 0 Å². The molecule has 0 radical (unpaired) electrons. The lowest BCUT2D eigenvalue weighted by Gasteiger charge is -2.22. The van der Waals surface area contributed by atoms with E-state index in [9.17, 15) is 18.4 Å². The third-order valence-electron chi connectivity index (χ3n) is 6.05. The highest BCUT2D eigenvalue weighted by atomic mass is 19.1. The molecule has 1 N–H and O–H groups in total. The van der Waals surface area contributed by atoms with Gasteiger partial charge in [-0.25, -0.2) is 18.6 Å². The highest BCUT2D eigenvalue weighted by Gasteiger charge is 2.26. The van der Waals surface area contributed by atoms with Gasteiger partial charge in [-0.2, -0.15) is 0 Å². The van der Waals surface area contributed by atoms with E-state index in [1.165, 1.54) is 0 Å². The van der Waals surface area contributed by atoms with Crippen molar-refractivity contribution in [1.82, 2.24) is 4.98 Å². The maximum absolute atomic E-state index is 13.9. The molecule has 3 aromatic carbocycles. The first-order valence-electron chi connectivity index (χ1n) is 11.6. The molecule has 0 fully saturated rings. The molecule has 1 aliphatic rings. The van der Waals surface area contributed by atoms with E-state index in [4.69, 9.17) is 9.72 Å². The fraction of sp³-hybridized carbons (Fsp3) is 0.138. The van der Waals surface area contributed by atoms with Crippen LogP contribution in [0.1, 0.15) is 40.0 Å². The van der Waals surface area contributed by atoms with E-state index in [1.54, 1.807) is 0 Å². The monoisotopic (exact) mass is 484 g/mol. The van der Waals surface area contributed by atoms with Gasteiger partial charge in [-0.3, -0.25) is 4.79 Å². The first-order valence-corrected chi connectivity index (χ1v) is 11.6. The zero-order valence-electron chi connectivity index (χ0n) is 19.3. The Morgan fingerprint density at radius 2 is 1.75 bits per heavy atom. The van der Waals surface area contributed by atoms with Crippen LogP contribution in [0.15, 0.2) is 72.8 Å². The molecule has 5 rings (SSSR count). The van der Waals surface area contributed by atoms with Crippen molar-refractivity contribution in [3.63, 3.8) is 0 Å². The van der Waals surface area contributed by atoms with Gasteiger partial charge in [0.15, 0.2) is 6.61 Å². The van der Waals surface area contributed by atoms with Crippen LogP contribution in [-0.4, -0.2) is 23.5 Å². The van der Waals surface area contributed by atoms with Crippen molar-refractivity contribution in [2.45, 2.75) is 19.3 Å². The highest BCUT2D eigenvalue weighted by molar-refractivity contribution is 6.07. The summed E-state index contributed by atoms with van der Waals surface area (Å²) in [7, 11) is 0. The van der Waals surface area contributed by atoms with Gasteiger partial charge >= 0.3 is 5.97 Å². The first kappa shape index (κ1) is 23.4. The third kappa shape index (κ3) is 4.86. The summed E-state index contributed by atoms with van der Waals surface area (Å²) in [4.78, 5) is 30.5. The summed E-state index contributed by atoms with van der Waals surface area (Å²) in [6, 6.07) is 20.0. The Balaban J connectivity index is 1.45. The van der Waals surface area contributed by atoms with E-state index >= 15 is 0 Å². The van der Waals surface area contributed by atoms with Crippen LogP contribution in [0, 0.1) is 11.6 Å². The van der Waals surface area contributed by atoms with E-state index in [0.29, 0.717) is 29.0 Å². The number of esters is 1. The second-order valence-corrected chi connectivity index (χ2v) is 8.51. The number of benzene rings is 3. The number of ether oxygens (including phenoxy) is 1. The Labute approximate surface area is 206 Å². The number of pyridine rings is 1. The Kier molecular flexibility index (Phi) is 6.54. The number of halogens is 2. The zero-order chi connectivity index (χ0) is 25.1. The summed E-state index contributed by atoms with van der Waals surface area (Å²) in [5, 5.41) is 2.94. The molecule has 1 aromatic heterocycles. The van der Waals surface area contributed by atoms with Crippen molar-refractivity contribution in [3.8, 4) is 0 Å². The number of amides is 1. The number of nitrogens with one attached hydrogen (secondary N) is 1. The van der Waals surface area contributed by atoms with E-state index in [0.717, 1.165) is 47.4 Å². The summed E-state index contributed by atoms with van der Waals surface area (Å²) >= 11 is 0. The fourth-order valence-electron chi connectivity index (χ4n) is 4.44. The Hall–Kier alpha value is -4.39. The van der Waals surface area contributed by atoms with Crippen LogP contribution in [0.25, 0.3) is 22.6 Å². The molecular formula is C29H22F2N2O3. The van der Waals surface area contributed by atoms with Gasteiger partial charge < -0.3 is 10.1 Å². The van der Waals surface area contributed by atoms with Crippen molar-refractivity contribution >= 4 is 40.1 Å². The van der Waals surface area contributed by atoms with Crippen molar-refractivity contribution in [2.24, 2.45) is 0 Å². The average Bonchev–Trinajstić information content (AvgIpc) is 2.88. The van der Waals surface area contributed by atoms with Crippen LogP contribution < -0.4 is 5.32 Å². The minimum atomic E-state index is -0.915. The molecule has 180 valence electrons. The van der Waals surface area contributed by atoms with E-state index in [2.05, 4.69) is 11.4 Å². The smallest absolute Gasteiger partial charge is 0.339 e. The molecule has 36 heavy (non-hydrogen) atoms. The van der Waals surface area contributed by atoms with Crippen LogP contribution in [-0.2, 0) is 16.0 Å². The number of carbonyl (C=O) groups is 2. The van der Waals surface area contributed by atoms with Gasteiger partial charge in [0.1, 0.15) is 11.6 Å². The van der Waals surface area contributed by atoms with Crippen molar-refractivity contribution in [1.29, 1.82) is 0 Å². The molecule has 0 aliphatic heterocycles. The summed E-state index contributed by atoms with van der Waals surface area (Å²) in [6.07, 6.45) is 4.40. The molecule has 0 spiro atoms. The number of rotatable bonds is 5. The third-order valence-corrected chi connectivity index (χ3v) is 6.05. The van der Waals surface area contributed by atoms with Crippen molar-refractivity contribution in [2.75, 3.05) is 11.9 Å². The van der Waals surface area contributed by atoms with Crippen LogP contribution in [0.4, 0.5) is 14.5 Å². The zero-order valence-corrected chi connectivity index (χ0v) is 19.3. The number of carbonyl (C=O) groups excluding carboxylic acids is 2. The lowest BCUT2D eigenvalue weighted by Crippen LogP contribution is -2.23. The minimum Gasteiger partial charge on any atom is -0.452 e. The van der Waals surface area contributed by atoms with Gasteiger partial charge in [0, 0.05) is 11.5 Å². The molecule has 0 bridgehead atoms. The predicted molar refractivity (Wildman–Crippen MR) is 134 cm³/mol. The minimum absolute atomic E-state index is 0.195. The van der Waals surface area contributed by atoms with E-state index in [1.807, 2.05) is 54.6 Å². The van der Waals surface area contributed by atoms with Crippen molar-refractivity contribution < 1.29 is 23.1 Å². The molecule has 1 amide bonds. The highest BCUT2D eigenvalue weighted by Crippen LogP contribution is 2.36. The molecular weight excluding hydrogens is 462 g/mol. The SMILES string of the molecule is O=C(COC(=O)c1c2c(nc3ccccc13)/C(=C/c1ccccc1)CCC2)Nc1ccc(F)cc1F. The number of hydrogen-bond acceptors (Lipinski definition) is 4. The molecule has 0 saturated carbocycles. The molecule has 4 aromatic rings. The summed E-state index contributed by atoms with van der Waals surface area (Å²) in [5.41, 5.74) is 4.47. The molecule has 1 aliphatic carbocycles. The van der Waals surface area contributed by atoms with Gasteiger partial charge in [0.25, 0.3) is 5.91 Å². The molecule has 0 saturated heterocycles. The fourth-order valence-corrected chi connectivity index (χ4v) is 4.44. The van der Waals surface area contributed by atoms with Crippen LogP contribution in [0.2, 0.25) is 0 Å². The maximum atomic E-state index is 13.9. The molecule has 5 nitrogen and oxygen atoms in total. The largest absolute Gasteiger partial charge is 0.452 e.